The first-order valence-electron chi connectivity index (χ1n) is 8.33. The predicted molar refractivity (Wildman–Crippen MR) is 80.2 cm³/mol. The summed E-state index contributed by atoms with van der Waals surface area (Å²) in [6.07, 6.45) is 8.36. The molecule has 2 fully saturated rings. The monoisotopic (exact) mass is 265 g/mol. The molecule has 0 bridgehead atoms. The number of piperidine rings is 1. The zero-order valence-corrected chi connectivity index (χ0v) is 13.1. The van der Waals surface area contributed by atoms with Crippen LogP contribution >= 0.6 is 0 Å². The number of nitrogens with zero attached hydrogens (tertiary/aromatic N) is 1. The molecule has 2 aliphatic rings. The molecule has 2 heteroatoms. The van der Waals surface area contributed by atoms with Gasteiger partial charge in [-0.3, -0.25) is 4.79 Å². The van der Waals surface area contributed by atoms with E-state index in [1.54, 1.807) is 0 Å². The second kappa shape index (κ2) is 6.39. The fourth-order valence-electron chi connectivity index (χ4n) is 3.98. The molecule has 0 radical (unpaired) electrons. The highest BCUT2D eigenvalue weighted by molar-refractivity contribution is 5.81. The molecule has 1 aliphatic heterocycles. The van der Waals surface area contributed by atoms with Gasteiger partial charge < -0.3 is 4.90 Å². The maximum absolute atomic E-state index is 12.0. The van der Waals surface area contributed by atoms with Gasteiger partial charge in [-0.15, -0.1) is 0 Å². The number of carbonyl (C=O) groups excluding carboxylic acids is 1. The highest BCUT2D eigenvalue weighted by atomic mass is 16.1. The van der Waals surface area contributed by atoms with Crippen LogP contribution in [-0.2, 0) is 4.79 Å². The number of hydrogen-bond acceptors (Lipinski definition) is 2. The van der Waals surface area contributed by atoms with Crippen molar-refractivity contribution in [3.05, 3.63) is 0 Å². The van der Waals surface area contributed by atoms with Crippen LogP contribution in [0.25, 0.3) is 0 Å². The Morgan fingerprint density at radius 1 is 1.21 bits per heavy atom. The van der Waals surface area contributed by atoms with Crippen LogP contribution in [0.15, 0.2) is 0 Å². The lowest BCUT2D eigenvalue weighted by molar-refractivity contribution is -0.126. The van der Waals surface area contributed by atoms with Crippen molar-refractivity contribution < 1.29 is 4.79 Å². The summed E-state index contributed by atoms with van der Waals surface area (Å²) in [6.45, 7) is 10.4. The van der Waals surface area contributed by atoms with E-state index < -0.39 is 0 Å². The second-order valence-corrected chi connectivity index (χ2v) is 7.05. The van der Waals surface area contributed by atoms with E-state index in [1.165, 1.54) is 38.8 Å². The molecular formula is C17H31NO. The Morgan fingerprint density at radius 3 is 2.42 bits per heavy atom. The maximum atomic E-state index is 12.0. The summed E-state index contributed by atoms with van der Waals surface area (Å²) in [5.74, 6) is 1.61. The van der Waals surface area contributed by atoms with E-state index in [1.807, 2.05) is 0 Å². The van der Waals surface area contributed by atoms with Gasteiger partial charge in [0.1, 0.15) is 5.78 Å². The van der Waals surface area contributed by atoms with Gasteiger partial charge in [0.2, 0.25) is 0 Å². The number of carbonyl (C=O) groups is 1. The first-order valence-corrected chi connectivity index (χ1v) is 8.33. The minimum absolute atomic E-state index is 0.333. The summed E-state index contributed by atoms with van der Waals surface area (Å²) in [5.41, 5.74) is 0.598. The van der Waals surface area contributed by atoms with Gasteiger partial charge in [0.05, 0.1) is 0 Å². The van der Waals surface area contributed by atoms with Crippen LogP contribution in [0.2, 0.25) is 0 Å². The molecule has 19 heavy (non-hydrogen) atoms. The Morgan fingerprint density at radius 2 is 1.84 bits per heavy atom. The van der Waals surface area contributed by atoms with Crippen molar-refractivity contribution in [1.29, 1.82) is 0 Å². The van der Waals surface area contributed by atoms with E-state index in [4.69, 9.17) is 0 Å². The van der Waals surface area contributed by atoms with E-state index in [0.29, 0.717) is 17.1 Å². The summed E-state index contributed by atoms with van der Waals surface area (Å²) < 4.78 is 0. The van der Waals surface area contributed by atoms with Crippen LogP contribution in [0.4, 0.5) is 0 Å². The molecule has 1 saturated heterocycles. The van der Waals surface area contributed by atoms with Crippen molar-refractivity contribution >= 4 is 5.78 Å². The van der Waals surface area contributed by atoms with Gasteiger partial charge in [-0.05, 0) is 50.1 Å². The molecule has 0 spiro atoms. The lowest BCUT2D eigenvalue weighted by Crippen LogP contribution is -2.43. The molecule has 1 aliphatic carbocycles. The van der Waals surface area contributed by atoms with Gasteiger partial charge in [0.25, 0.3) is 0 Å². The van der Waals surface area contributed by atoms with Gasteiger partial charge in [-0.1, -0.05) is 33.6 Å². The maximum Gasteiger partial charge on any atom is 0.137 e. The minimum Gasteiger partial charge on any atom is -0.303 e. The van der Waals surface area contributed by atoms with Crippen molar-refractivity contribution in [2.24, 2.45) is 17.3 Å². The normalized spacial score (nSPS) is 32.5. The van der Waals surface area contributed by atoms with Crippen LogP contribution in [0.3, 0.4) is 0 Å². The zero-order chi connectivity index (χ0) is 13.9. The SMILES string of the molecule is CCC1(CC)CCN(CC2CC(C)CCC2=O)CC1. The number of ketones is 1. The van der Waals surface area contributed by atoms with Crippen LogP contribution in [0, 0.1) is 17.3 Å². The summed E-state index contributed by atoms with van der Waals surface area (Å²) in [7, 11) is 0. The molecule has 0 amide bonds. The number of rotatable bonds is 4. The standard InChI is InChI=1S/C17H31NO/c1-4-17(5-2)8-10-18(11-9-17)13-15-12-14(3)6-7-16(15)19/h14-15H,4-13H2,1-3H3. The molecule has 2 nitrogen and oxygen atoms in total. The van der Waals surface area contributed by atoms with Crippen LogP contribution < -0.4 is 0 Å². The van der Waals surface area contributed by atoms with Crippen LogP contribution in [0.5, 0.6) is 0 Å². The van der Waals surface area contributed by atoms with Crippen LogP contribution in [-0.4, -0.2) is 30.3 Å². The number of hydrogen-bond donors (Lipinski definition) is 0. The van der Waals surface area contributed by atoms with Gasteiger partial charge in [0.15, 0.2) is 0 Å². The van der Waals surface area contributed by atoms with Crippen molar-refractivity contribution in [2.75, 3.05) is 19.6 Å². The second-order valence-electron chi connectivity index (χ2n) is 7.05. The third-order valence-electron chi connectivity index (χ3n) is 5.92. The highest BCUT2D eigenvalue weighted by Crippen LogP contribution is 2.38. The quantitative estimate of drug-likeness (QED) is 0.768. The molecule has 0 aromatic carbocycles. The lowest BCUT2D eigenvalue weighted by atomic mass is 9.73. The zero-order valence-electron chi connectivity index (χ0n) is 13.1. The van der Waals surface area contributed by atoms with E-state index >= 15 is 0 Å². The predicted octanol–water partition coefficient (Wildman–Crippen LogP) is 3.89. The molecule has 2 rings (SSSR count). The number of Topliss-reactive ketones (excluding diaryl/α,β-unsaturated/α-hetero) is 1. The van der Waals surface area contributed by atoms with Gasteiger partial charge in [0, 0.05) is 18.9 Å². The van der Waals surface area contributed by atoms with Crippen molar-refractivity contribution in [3.63, 3.8) is 0 Å². The smallest absolute Gasteiger partial charge is 0.137 e. The summed E-state index contributed by atoms with van der Waals surface area (Å²) in [5, 5.41) is 0. The first-order chi connectivity index (χ1) is 9.08. The Kier molecular flexibility index (Phi) is 5.05. The molecule has 2 unspecified atom stereocenters. The minimum atomic E-state index is 0.333. The Bertz CT molecular complexity index is 298. The van der Waals surface area contributed by atoms with Crippen molar-refractivity contribution in [3.8, 4) is 0 Å². The van der Waals surface area contributed by atoms with Gasteiger partial charge >= 0.3 is 0 Å². The van der Waals surface area contributed by atoms with Crippen molar-refractivity contribution in [1.82, 2.24) is 4.90 Å². The number of likely N-dealkylation sites (tertiary alicyclic amines) is 1. The average molecular weight is 265 g/mol. The molecule has 1 heterocycles. The Balaban J connectivity index is 1.83. The molecular weight excluding hydrogens is 234 g/mol. The molecule has 110 valence electrons. The van der Waals surface area contributed by atoms with E-state index in [0.717, 1.165) is 31.7 Å². The van der Waals surface area contributed by atoms with Gasteiger partial charge in [-0.25, -0.2) is 0 Å². The van der Waals surface area contributed by atoms with Gasteiger partial charge in [-0.2, -0.15) is 0 Å². The molecule has 1 saturated carbocycles. The highest BCUT2D eigenvalue weighted by Gasteiger charge is 2.34. The van der Waals surface area contributed by atoms with E-state index in [9.17, 15) is 4.79 Å². The van der Waals surface area contributed by atoms with Crippen LogP contribution in [0.1, 0.15) is 65.7 Å². The Hall–Kier alpha value is -0.370. The Labute approximate surface area is 118 Å². The van der Waals surface area contributed by atoms with Crippen molar-refractivity contribution in [2.45, 2.75) is 65.7 Å². The largest absolute Gasteiger partial charge is 0.303 e. The fourth-order valence-corrected chi connectivity index (χ4v) is 3.98. The summed E-state index contributed by atoms with van der Waals surface area (Å²) in [6, 6.07) is 0. The fraction of sp³-hybridized carbons (Fsp3) is 0.941. The topological polar surface area (TPSA) is 20.3 Å². The lowest BCUT2D eigenvalue weighted by Gasteiger charge is -2.42. The molecule has 0 aromatic heterocycles. The third kappa shape index (κ3) is 3.59. The summed E-state index contributed by atoms with van der Waals surface area (Å²) in [4.78, 5) is 14.6. The molecule has 0 aromatic rings. The first kappa shape index (κ1) is 15.0. The molecule has 2 atom stereocenters. The molecule has 0 N–H and O–H groups in total. The third-order valence-corrected chi connectivity index (χ3v) is 5.92. The summed E-state index contributed by atoms with van der Waals surface area (Å²) >= 11 is 0. The van der Waals surface area contributed by atoms with E-state index in [2.05, 4.69) is 25.7 Å². The van der Waals surface area contributed by atoms with E-state index in [-0.39, 0.29) is 0 Å². The average Bonchev–Trinajstić information content (AvgIpc) is 2.44.